The number of aromatic nitrogens is 1. The maximum absolute atomic E-state index is 11.8. The van der Waals surface area contributed by atoms with Gasteiger partial charge in [-0.25, -0.2) is 9.78 Å². The van der Waals surface area contributed by atoms with E-state index in [1.165, 1.54) is 6.08 Å². The van der Waals surface area contributed by atoms with Crippen molar-refractivity contribution in [2.24, 2.45) is 0 Å². The predicted molar refractivity (Wildman–Crippen MR) is 111 cm³/mol. The van der Waals surface area contributed by atoms with Crippen LogP contribution in [-0.4, -0.2) is 37.1 Å². The molecule has 29 heavy (non-hydrogen) atoms. The number of esters is 1. The first-order valence-corrected chi connectivity index (χ1v) is 9.24. The van der Waals surface area contributed by atoms with E-state index in [0.29, 0.717) is 18.7 Å². The van der Waals surface area contributed by atoms with Gasteiger partial charge in [-0.15, -0.1) is 0 Å². The molecule has 0 saturated carbocycles. The van der Waals surface area contributed by atoms with E-state index in [1.54, 1.807) is 13.2 Å². The Hall–Kier alpha value is -3.67. The molecule has 0 aliphatic heterocycles. The Labute approximate surface area is 169 Å². The molecule has 0 fully saturated rings. The van der Waals surface area contributed by atoms with E-state index < -0.39 is 5.97 Å². The molecule has 0 bridgehead atoms. The average Bonchev–Trinajstić information content (AvgIpc) is 2.76. The average molecular weight is 390 g/mol. The van der Waals surface area contributed by atoms with E-state index in [2.05, 4.69) is 10.3 Å². The highest BCUT2D eigenvalue weighted by atomic mass is 16.5. The Morgan fingerprint density at radius 2 is 1.83 bits per heavy atom. The summed E-state index contributed by atoms with van der Waals surface area (Å²) in [7, 11) is 1.62. The van der Waals surface area contributed by atoms with Gasteiger partial charge >= 0.3 is 5.97 Å². The summed E-state index contributed by atoms with van der Waals surface area (Å²) in [6.07, 6.45) is 3.51. The smallest absolute Gasteiger partial charge is 0.331 e. The molecular formula is C23H22N2O4. The minimum atomic E-state index is -0.592. The molecule has 3 rings (SSSR count). The number of rotatable bonds is 8. The second-order valence-electron chi connectivity index (χ2n) is 6.32. The van der Waals surface area contributed by atoms with Gasteiger partial charge in [-0.2, -0.15) is 0 Å². The van der Waals surface area contributed by atoms with E-state index in [4.69, 9.17) is 9.47 Å². The molecule has 0 spiro atoms. The fourth-order valence-electron chi connectivity index (χ4n) is 2.70. The third-order valence-electron chi connectivity index (χ3n) is 4.25. The number of pyridine rings is 1. The van der Waals surface area contributed by atoms with Gasteiger partial charge in [-0.1, -0.05) is 36.4 Å². The molecule has 0 aliphatic carbocycles. The highest BCUT2D eigenvalue weighted by molar-refractivity contribution is 5.89. The number of amides is 1. The van der Waals surface area contributed by atoms with Gasteiger partial charge in [0.1, 0.15) is 5.75 Å². The van der Waals surface area contributed by atoms with Crippen molar-refractivity contribution in [1.29, 1.82) is 0 Å². The minimum Gasteiger partial charge on any atom is -0.497 e. The quantitative estimate of drug-likeness (QED) is 0.472. The zero-order valence-corrected chi connectivity index (χ0v) is 16.1. The fraction of sp³-hybridized carbons (Fsp3) is 0.174. The van der Waals surface area contributed by atoms with Crippen LogP contribution in [0.15, 0.2) is 66.7 Å². The molecular weight excluding hydrogens is 368 g/mol. The lowest BCUT2D eigenvalue weighted by atomic mass is 10.1. The molecule has 3 aromatic rings. The molecule has 0 saturated heterocycles. The molecule has 2 aromatic carbocycles. The number of benzene rings is 2. The first kappa shape index (κ1) is 20.1. The molecule has 0 atom stereocenters. The Balaban J connectivity index is 1.39. The number of nitrogens with one attached hydrogen (secondary N) is 1. The zero-order chi connectivity index (χ0) is 20.5. The van der Waals surface area contributed by atoms with Crippen molar-refractivity contribution < 1.29 is 19.1 Å². The van der Waals surface area contributed by atoms with Crippen molar-refractivity contribution in [2.45, 2.75) is 6.42 Å². The van der Waals surface area contributed by atoms with Crippen molar-refractivity contribution in [1.82, 2.24) is 10.3 Å². The number of carbonyl (C=O) groups is 2. The summed E-state index contributed by atoms with van der Waals surface area (Å²) in [5, 5.41) is 3.75. The van der Waals surface area contributed by atoms with Crippen molar-refractivity contribution >= 4 is 28.9 Å². The second-order valence-corrected chi connectivity index (χ2v) is 6.32. The maximum Gasteiger partial charge on any atom is 0.331 e. The molecule has 1 N–H and O–H groups in total. The molecule has 6 nitrogen and oxygen atoms in total. The third-order valence-corrected chi connectivity index (χ3v) is 4.25. The second kappa shape index (κ2) is 10.0. The molecule has 6 heteroatoms. The largest absolute Gasteiger partial charge is 0.497 e. The lowest BCUT2D eigenvalue weighted by molar-refractivity contribution is -0.143. The van der Waals surface area contributed by atoms with Crippen LogP contribution < -0.4 is 10.1 Å². The van der Waals surface area contributed by atoms with E-state index >= 15 is 0 Å². The van der Waals surface area contributed by atoms with Crippen LogP contribution in [0, 0.1) is 0 Å². The highest BCUT2D eigenvalue weighted by Crippen LogP contribution is 2.13. The molecule has 0 unspecified atom stereocenters. The van der Waals surface area contributed by atoms with Gasteiger partial charge in [0.2, 0.25) is 0 Å². The van der Waals surface area contributed by atoms with E-state index in [9.17, 15) is 9.59 Å². The number of fused-ring (bicyclic) bond motifs is 1. The first-order chi connectivity index (χ1) is 14.1. The van der Waals surface area contributed by atoms with Gasteiger partial charge < -0.3 is 14.8 Å². The number of hydrogen-bond donors (Lipinski definition) is 1. The molecule has 1 heterocycles. The third kappa shape index (κ3) is 6.17. The Kier molecular flexibility index (Phi) is 6.95. The summed E-state index contributed by atoms with van der Waals surface area (Å²) in [6.45, 7) is 0.135. The van der Waals surface area contributed by atoms with E-state index in [0.717, 1.165) is 22.2 Å². The lowest BCUT2D eigenvalue weighted by Gasteiger charge is -2.06. The van der Waals surface area contributed by atoms with Crippen molar-refractivity contribution in [3.05, 3.63) is 78.0 Å². The summed E-state index contributed by atoms with van der Waals surface area (Å²) in [5.74, 6) is -0.147. The number of nitrogens with zero attached hydrogens (tertiary/aromatic N) is 1. The van der Waals surface area contributed by atoms with Gasteiger partial charge in [0.15, 0.2) is 6.61 Å². The van der Waals surface area contributed by atoms with Crippen LogP contribution >= 0.6 is 0 Å². The number of ether oxygens (including phenoxy) is 2. The zero-order valence-electron chi connectivity index (χ0n) is 16.1. The van der Waals surface area contributed by atoms with Crippen LogP contribution in [0.25, 0.3) is 17.0 Å². The van der Waals surface area contributed by atoms with Gasteiger partial charge in [-0.05, 0) is 42.3 Å². The molecule has 1 aromatic heterocycles. The monoisotopic (exact) mass is 390 g/mol. The maximum atomic E-state index is 11.8. The number of para-hydroxylation sites is 1. The molecule has 1 amide bonds. The van der Waals surface area contributed by atoms with E-state index in [1.807, 2.05) is 60.7 Å². The Morgan fingerprint density at radius 3 is 2.62 bits per heavy atom. The number of hydrogen-bond acceptors (Lipinski definition) is 5. The summed E-state index contributed by atoms with van der Waals surface area (Å²) in [5.41, 5.74) is 2.57. The van der Waals surface area contributed by atoms with Crippen LogP contribution in [0.1, 0.15) is 11.3 Å². The summed E-state index contributed by atoms with van der Waals surface area (Å²) < 4.78 is 10.1. The van der Waals surface area contributed by atoms with Crippen molar-refractivity contribution in [2.75, 3.05) is 20.3 Å². The van der Waals surface area contributed by atoms with E-state index in [-0.39, 0.29) is 12.5 Å². The number of carbonyl (C=O) groups excluding carboxylic acids is 2. The standard InChI is InChI=1S/C23H22N2O4/c1-28-20-11-6-17(7-12-20)14-15-24-22(26)16-29-23(27)13-10-19-9-8-18-4-2-3-5-21(18)25-19/h2-13H,14-16H2,1H3,(H,24,26)/b13-10+. The molecule has 0 aliphatic rings. The van der Waals surface area contributed by atoms with Crippen LogP contribution in [0.4, 0.5) is 0 Å². The van der Waals surface area contributed by atoms with Gasteiger partial charge in [0.25, 0.3) is 5.91 Å². The van der Waals surface area contributed by atoms with Gasteiger partial charge in [-0.3, -0.25) is 4.79 Å². The van der Waals surface area contributed by atoms with Crippen molar-refractivity contribution in [3.8, 4) is 5.75 Å². The lowest BCUT2D eigenvalue weighted by Crippen LogP contribution is -2.30. The van der Waals surface area contributed by atoms with Crippen LogP contribution in [-0.2, 0) is 20.7 Å². The van der Waals surface area contributed by atoms with Gasteiger partial charge in [0.05, 0.1) is 18.3 Å². The Bertz CT molecular complexity index is 1010. The first-order valence-electron chi connectivity index (χ1n) is 9.24. The SMILES string of the molecule is COc1ccc(CCNC(=O)COC(=O)/C=C/c2ccc3ccccc3n2)cc1. The van der Waals surface area contributed by atoms with Crippen LogP contribution in [0.2, 0.25) is 0 Å². The minimum absolute atomic E-state index is 0.322. The Morgan fingerprint density at radius 1 is 1.03 bits per heavy atom. The normalized spacial score (nSPS) is 10.8. The topological polar surface area (TPSA) is 77.5 Å². The number of methoxy groups -OCH3 is 1. The predicted octanol–water partition coefficient (Wildman–Crippen LogP) is 3.16. The highest BCUT2D eigenvalue weighted by Gasteiger charge is 2.05. The molecule has 148 valence electrons. The summed E-state index contributed by atoms with van der Waals surface area (Å²) in [6, 6.07) is 19.1. The summed E-state index contributed by atoms with van der Waals surface area (Å²) in [4.78, 5) is 28.1. The van der Waals surface area contributed by atoms with Crippen molar-refractivity contribution in [3.63, 3.8) is 0 Å². The van der Waals surface area contributed by atoms with Crippen LogP contribution in [0.5, 0.6) is 5.75 Å². The fourth-order valence-corrected chi connectivity index (χ4v) is 2.70. The van der Waals surface area contributed by atoms with Crippen LogP contribution in [0.3, 0.4) is 0 Å². The molecule has 0 radical (unpaired) electrons. The van der Waals surface area contributed by atoms with Gasteiger partial charge in [0, 0.05) is 18.0 Å². The summed E-state index contributed by atoms with van der Waals surface area (Å²) >= 11 is 0.